The van der Waals surface area contributed by atoms with E-state index < -0.39 is 4.92 Å². The molecule has 0 aliphatic heterocycles. The summed E-state index contributed by atoms with van der Waals surface area (Å²) in [5, 5.41) is 10.7. The lowest BCUT2D eigenvalue weighted by Crippen LogP contribution is -2.10. The molecule has 1 atom stereocenters. The number of nitro benzene ring substituents is 1. The Balaban J connectivity index is 3.22. The van der Waals surface area contributed by atoms with Crippen LogP contribution in [0.2, 0.25) is 0 Å². The Morgan fingerprint density at radius 3 is 2.69 bits per heavy atom. The number of halogens is 2. The summed E-state index contributed by atoms with van der Waals surface area (Å²) in [5.74, 6) is -0.140. The Morgan fingerprint density at radius 1 is 1.62 bits per heavy atom. The van der Waals surface area contributed by atoms with Crippen LogP contribution >= 0.6 is 27.5 Å². The molecule has 0 fully saturated rings. The fraction of sp³-hybridized carbons (Fsp3) is 0.300. The number of Topliss-reactive ketones (excluding diaryl/α,β-unsaturated/α-hetero) is 1. The molecule has 0 bridgehead atoms. The maximum Gasteiger partial charge on any atom is 0.274 e. The first-order valence-electron chi connectivity index (χ1n) is 4.49. The second-order valence-corrected chi connectivity index (χ2v) is 4.86. The highest BCUT2D eigenvalue weighted by Gasteiger charge is 2.18. The largest absolute Gasteiger partial charge is 0.293 e. The second kappa shape index (κ2) is 5.41. The van der Waals surface area contributed by atoms with Crippen LogP contribution in [0.3, 0.4) is 0 Å². The van der Waals surface area contributed by atoms with Gasteiger partial charge in [0.2, 0.25) is 0 Å². The first-order chi connectivity index (χ1) is 7.47. The molecule has 0 aliphatic carbocycles. The van der Waals surface area contributed by atoms with Crippen LogP contribution in [0, 0.1) is 10.1 Å². The highest BCUT2D eigenvalue weighted by atomic mass is 79.9. The van der Waals surface area contributed by atoms with E-state index in [1.165, 1.54) is 12.1 Å². The van der Waals surface area contributed by atoms with E-state index >= 15 is 0 Å². The van der Waals surface area contributed by atoms with Crippen molar-refractivity contribution in [2.45, 2.75) is 17.6 Å². The Labute approximate surface area is 106 Å². The highest BCUT2D eigenvalue weighted by molar-refractivity contribution is 9.10. The van der Waals surface area contributed by atoms with Gasteiger partial charge in [0.15, 0.2) is 5.78 Å². The number of nitrogens with zero attached hydrogens (tertiary/aromatic N) is 1. The lowest BCUT2D eigenvalue weighted by molar-refractivity contribution is -0.385. The molecule has 0 saturated carbocycles. The Bertz CT molecular complexity index is 434. The summed E-state index contributed by atoms with van der Waals surface area (Å²) in [4.78, 5) is 21.5. The van der Waals surface area contributed by atoms with Gasteiger partial charge in [0, 0.05) is 17.2 Å². The van der Waals surface area contributed by atoms with Gasteiger partial charge in [-0.2, -0.15) is 0 Å². The molecule has 0 amide bonds. The van der Waals surface area contributed by atoms with Gasteiger partial charge < -0.3 is 0 Å². The number of hydrogen-bond acceptors (Lipinski definition) is 3. The summed E-state index contributed by atoms with van der Waals surface area (Å²) in [6, 6.07) is 4.32. The van der Waals surface area contributed by atoms with Gasteiger partial charge in [0.05, 0.1) is 15.6 Å². The van der Waals surface area contributed by atoms with Crippen LogP contribution in [0.25, 0.3) is 0 Å². The molecule has 0 N–H and O–H groups in total. The normalized spacial score (nSPS) is 12.2. The van der Waals surface area contributed by atoms with Crippen molar-refractivity contribution < 1.29 is 9.72 Å². The first kappa shape index (κ1) is 13.1. The predicted molar refractivity (Wildman–Crippen MR) is 65.4 cm³/mol. The van der Waals surface area contributed by atoms with Crippen molar-refractivity contribution in [1.29, 1.82) is 0 Å². The lowest BCUT2D eigenvalue weighted by atomic mass is 10.1. The fourth-order valence-electron chi connectivity index (χ4n) is 1.23. The molecule has 0 heterocycles. The molecule has 0 spiro atoms. The van der Waals surface area contributed by atoms with E-state index in [0.717, 1.165) is 0 Å². The van der Waals surface area contributed by atoms with Crippen molar-refractivity contribution in [2.24, 2.45) is 0 Å². The van der Waals surface area contributed by atoms with Crippen molar-refractivity contribution in [2.75, 3.05) is 0 Å². The Hall–Kier alpha value is -0.940. The van der Waals surface area contributed by atoms with E-state index in [9.17, 15) is 14.9 Å². The number of benzene rings is 1. The zero-order valence-corrected chi connectivity index (χ0v) is 10.8. The van der Waals surface area contributed by atoms with Crippen molar-refractivity contribution in [3.05, 3.63) is 39.4 Å². The predicted octanol–water partition coefficient (Wildman–Crippen LogP) is 3.30. The summed E-state index contributed by atoms with van der Waals surface area (Å²) in [6.07, 6.45) is 0. The van der Waals surface area contributed by atoms with E-state index in [0.29, 0.717) is 11.1 Å². The number of rotatable bonds is 4. The molecule has 0 saturated heterocycles. The van der Waals surface area contributed by atoms with Crippen molar-refractivity contribution in [1.82, 2.24) is 0 Å². The quantitative estimate of drug-likeness (QED) is 0.371. The molecule has 1 aromatic rings. The molecule has 6 heteroatoms. The minimum absolute atomic E-state index is 0.0502. The Kier molecular flexibility index (Phi) is 4.44. The van der Waals surface area contributed by atoms with E-state index in [-0.39, 0.29) is 22.2 Å². The van der Waals surface area contributed by atoms with Gasteiger partial charge in [0.25, 0.3) is 5.69 Å². The zero-order valence-electron chi connectivity index (χ0n) is 8.44. The topological polar surface area (TPSA) is 60.2 Å². The van der Waals surface area contributed by atoms with E-state index in [4.69, 9.17) is 11.6 Å². The molecule has 0 radical (unpaired) electrons. The summed E-state index contributed by atoms with van der Waals surface area (Å²) in [6.45, 7) is 1.67. The van der Waals surface area contributed by atoms with Crippen LogP contribution in [0.4, 0.5) is 5.69 Å². The van der Waals surface area contributed by atoms with E-state index in [1.807, 2.05) is 0 Å². The number of alkyl halides is 2. The summed E-state index contributed by atoms with van der Waals surface area (Å²) in [7, 11) is 0. The average molecular weight is 307 g/mol. The average Bonchev–Trinajstić information content (AvgIpc) is 2.26. The van der Waals surface area contributed by atoms with Crippen molar-refractivity contribution >= 4 is 39.0 Å². The summed E-state index contributed by atoms with van der Waals surface area (Å²) in [5.41, 5.74) is 0.601. The Morgan fingerprint density at radius 2 is 2.25 bits per heavy atom. The first-order valence-corrected chi connectivity index (χ1v) is 5.94. The molecular formula is C10H9BrClNO3. The number of nitro groups is 1. The highest BCUT2D eigenvalue weighted by Crippen LogP contribution is 2.23. The number of carbonyl (C=O) groups excluding carboxylic acids is 1. The minimum atomic E-state index is -0.534. The SMILES string of the molecule is CC(Br)C(=O)c1ccc(CCl)c([N+](=O)[O-])c1. The second-order valence-electron chi connectivity index (χ2n) is 3.21. The van der Waals surface area contributed by atoms with Gasteiger partial charge >= 0.3 is 0 Å². The monoisotopic (exact) mass is 305 g/mol. The van der Waals surface area contributed by atoms with Crippen LogP contribution in [-0.4, -0.2) is 15.5 Å². The molecule has 86 valence electrons. The van der Waals surface area contributed by atoms with Crippen LogP contribution in [0.1, 0.15) is 22.8 Å². The van der Waals surface area contributed by atoms with Gasteiger partial charge in [-0.15, -0.1) is 11.6 Å². The third-order valence-corrected chi connectivity index (χ3v) is 2.78. The smallest absolute Gasteiger partial charge is 0.274 e. The third-order valence-electron chi connectivity index (χ3n) is 2.07. The van der Waals surface area contributed by atoms with E-state index in [2.05, 4.69) is 15.9 Å². The van der Waals surface area contributed by atoms with Gasteiger partial charge in [-0.1, -0.05) is 28.1 Å². The van der Waals surface area contributed by atoms with Gasteiger partial charge in [0.1, 0.15) is 0 Å². The van der Waals surface area contributed by atoms with Crippen LogP contribution in [0.15, 0.2) is 18.2 Å². The zero-order chi connectivity index (χ0) is 12.3. The number of hydrogen-bond donors (Lipinski definition) is 0. The lowest BCUT2D eigenvalue weighted by Gasteiger charge is -2.04. The molecule has 4 nitrogen and oxygen atoms in total. The van der Waals surface area contributed by atoms with Crippen molar-refractivity contribution in [3.8, 4) is 0 Å². The minimum Gasteiger partial charge on any atom is -0.293 e. The van der Waals surface area contributed by atoms with Crippen LogP contribution < -0.4 is 0 Å². The van der Waals surface area contributed by atoms with E-state index in [1.54, 1.807) is 13.0 Å². The van der Waals surface area contributed by atoms with Gasteiger partial charge in [-0.25, -0.2) is 0 Å². The van der Waals surface area contributed by atoms with Gasteiger partial charge in [-0.3, -0.25) is 14.9 Å². The standard InChI is InChI=1S/C10H9BrClNO3/c1-6(11)10(14)7-2-3-8(5-12)9(4-7)13(15)16/h2-4,6H,5H2,1H3. The molecule has 0 aliphatic rings. The van der Waals surface area contributed by atoms with Crippen molar-refractivity contribution in [3.63, 3.8) is 0 Å². The maximum absolute atomic E-state index is 11.6. The summed E-state index contributed by atoms with van der Waals surface area (Å²) < 4.78 is 0. The number of ketones is 1. The number of carbonyl (C=O) groups is 1. The van der Waals surface area contributed by atoms with Crippen LogP contribution in [0.5, 0.6) is 0 Å². The maximum atomic E-state index is 11.6. The molecule has 1 unspecified atom stereocenters. The molecule has 0 aromatic heterocycles. The van der Waals surface area contributed by atoms with Gasteiger partial charge in [-0.05, 0) is 6.92 Å². The molecule has 1 aromatic carbocycles. The molecule has 16 heavy (non-hydrogen) atoms. The molecule has 1 rings (SSSR count). The summed E-state index contributed by atoms with van der Waals surface area (Å²) >= 11 is 8.70. The van der Waals surface area contributed by atoms with Crippen LogP contribution in [-0.2, 0) is 5.88 Å². The molecular weight excluding hydrogens is 297 g/mol. The fourth-order valence-corrected chi connectivity index (χ4v) is 1.72. The third kappa shape index (κ3) is 2.80.